The van der Waals surface area contributed by atoms with Gasteiger partial charge in [0.1, 0.15) is 0 Å². The molecule has 16 fully saturated rings. The van der Waals surface area contributed by atoms with Gasteiger partial charge in [-0.15, -0.1) is 0 Å². The highest BCUT2D eigenvalue weighted by Crippen LogP contribution is 2.72. The third kappa shape index (κ3) is 10.9. The molecule has 16 aliphatic carbocycles. The molecule has 0 aromatic rings. The highest BCUT2D eigenvalue weighted by Gasteiger charge is 2.64. The molecule has 78 heavy (non-hydrogen) atoms. The Hall–Kier alpha value is 0. The van der Waals surface area contributed by atoms with E-state index >= 15 is 0 Å². The van der Waals surface area contributed by atoms with Crippen molar-refractivity contribution in [1.82, 2.24) is 0 Å². The number of fused-ring (bicyclic) bond motifs is 12. The quantitative estimate of drug-likeness (QED) is 0.249. The predicted molar refractivity (Wildman–Crippen MR) is 345 cm³/mol. The normalized spacial score (nSPS) is 47.5. The zero-order valence-electron chi connectivity index (χ0n) is 58.9. The van der Waals surface area contributed by atoms with Crippen LogP contribution < -0.4 is 0 Å². The van der Waals surface area contributed by atoms with Gasteiger partial charge in [-0.3, -0.25) is 0 Å². The molecule has 0 heteroatoms. The summed E-state index contributed by atoms with van der Waals surface area (Å²) in [6, 6.07) is 0. The van der Waals surface area contributed by atoms with E-state index in [0.29, 0.717) is 43.3 Å². The summed E-state index contributed by atoms with van der Waals surface area (Å²) in [5, 5.41) is 0. The maximum absolute atomic E-state index is 2.55. The maximum atomic E-state index is 2.55. The summed E-state index contributed by atoms with van der Waals surface area (Å²) in [7, 11) is 0. The van der Waals surface area contributed by atoms with E-state index in [-0.39, 0.29) is 0 Å². The summed E-state index contributed by atoms with van der Waals surface area (Å²) >= 11 is 0. The van der Waals surface area contributed by atoms with Crippen LogP contribution in [0.1, 0.15) is 298 Å². The Morgan fingerprint density at radius 1 is 0.256 bits per heavy atom. The average Bonchev–Trinajstić information content (AvgIpc) is 3.87. The van der Waals surface area contributed by atoms with Gasteiger partial charge in [0, 0.05) is 0 Å². The number of hydrogen-bond acceptors (Lipinski definition) is 0. The molecule has 16 rings (SSSR count). The molecule has 0 nitrogen and oxygen atoms in total. The molecule has 0 radical (unpaired) electrons. The Labute approximate surface area is 492 Å². The van der Waals surface area contributed by atoms with Crippen LogP contribution in [0.2, 0.25) is 0 Å². The molecule has 0 amide bonds. The molecule has 0 aromatic heterocycles. The third-order valence-corrected chi connectivity index (χ3v) is 32.4. The van der Waals surface area contributed by atoms with E-state index in [9.17, 15) is 0 Å². The van der Waals surface area contributed by atoms with Crippen molar-refractivity contribution in [1.29, 1.82) is 0 Å². The van der Waals surface area contributed by atoms with Crippen LogP contribution in [0.3, 0.4) is 0 Å². The van der Waals surface area contributed by atoms with Gasteiger partial charge >= 0.3 is 0 Å². The van der Waals surface area contributed by atoms with Crippen molar-refractivity contribution in [2.75, 3.05) is 0 Å². The van der Waals surface area contributed by atoms with Gasteiger partial charge in [0.2, 0.25) is 0 Å². The van der Waals surface area contributed by atoms with E-state index in [2.05, 4.69) is 208 Å². The monoisotopic (exact) mass is 1080 g/mol. The molecular weight excluding hydrogens is 937 g/mol. The largest absolute Gasteiger partial charge is 0.0625 e. The molecule has 0 unspecified atom stereocenters. The second kappa shape index (κ2) is 22.7. The van der Waals surface area contributed by atoms with Gasteiger partial charge in [-0.2, -0.15) is 0 Å². The molecule has 16 saturated carbocycles. The van der Waals surface area contributed by atoms with Crippen molar-refractivity contribution < 1.29 is 0 Å². The molecule has 22 atom stereocenters. The van der Waals surface area contributed by atoms with Gasteiger partial charge in [-0.25, -0.2) is 0 Å². The lowest BCUT2D eigenvalue weighted by Crippen LogP contribution is -2.55. The second-order valence-corrected chi connectivity index (χ2v) is 38.4. The Balaban J connectivity index is 0.000000136. The molecule has 456 valence electrons. The van der Waals surface area contributed by atoms with Crippen molar-refractivity contribution in [3.63, 3.8) is 0 Å². The van der Waals surface area contributed by atoms with Crippen LogP contribution in [-0.4, -0.2) is 0 Å². The molecule has 0 saturated heterocycles. The standard InChI is InChI=1S/6C13H24/c4*1-8(2)11-6-10-7-12(9(11)3)13(10,4)5;2*1-9(2)11-8-10-6-7-13(11,5)12(10,3)4/h4*8-12H,6-7H2,1-5H3;2*9-11H,6-8H2,1-5H3/t4*9-,10+,11-,12+;10-,11+,13+;10-,11-,13-/m110011/s1. The lowest BCUT2D eigenvalue weighted by atomic mass is 9.42. The lowest BCUT2D eigenvalue weighted by Gasteiger charge is -2.63. The van der Waals surface area contributed by atoms with Crippen LogP contribution in [0.5, 0.6) is 0 Å². The molecular formula is C78H144. The fourth-order valence-corrected chi connectivity index (χ4v) is 24.8. The van der Waals surface area contributed by atoms with Gasteiger partial charge in [-0.1, -0.05) is 208 Å². The minimum atomic E-state index is 0.613. The topological polar surface area (TPSA) is 0 Å². The fraction of sp³-hybridized carbons (Fsp3) is 1.00. The van der Waals surface area contributed by atoms with Crippen molar-refractivity contribution >= 4 is 0 Å². The van der Waals surface area contributed by atoms with Crippen LogP contribution in [-0.2, 0) is 0 Å². The van der Waals surface area contributed by atoms with Crippen LogP contribution in [0, 0.1) is 197 Å². The Morgan fingerprint density at radius 3 is 0.564 bits per heavy atom. The van der Waals surface area contributed by atoms with Crippen molar-refractivity contribution in [2.45, 2.75) is 298 Å². The van der Waals surface area contributed by atoms with Crippen molar-refractivity contribution in [3.05, 3.63) is 0 Å². The first kappa shape index (κ1) is 65.5. The van der Waals surface area contributed by atoms with E-state index in [1.54, 1.807) is 0 Å². The highest BCUT2D eigenvalue weighted by molar-refractivity contribution is 5.13. The van der Waals surface area contributed by atoms with Gasteiger partial charge in [0.15, 0.2) is 0 Å². The van der Waals surface area contributed by atoms with E-state index < -0.39 is 0 Å². The molecule has 0 N–H and O–H groups in total. The summed E-state index contributed by atoms with van der Waals surface area (Å²) in [5.41, 5.74) is 5.20. The van der Waals surface area contributed by atoms with Gasteiger partial charge in [-0.05, 0) is 287 Å². The molecule has 12 bridgehead atoms. The van der Waals surface area contributed by atoms with E-state index in [0.717, 1.165) is 154 Å². The molecule has 0 aliphatic heterocycles. The number of rotatable bonds is 6. The predicted octanol–water partition coefficient (Wildman–Crippen LogP) is 24.1. The number of hydrogen-bond donors (Lipinski definition) is 0. The summed E-state index contributed by atoms with van der Waals surface area (Å²) < 4.78 is 0. The van der Waals surface area contributed by atoms with Gasteiger partial charge in [0.25, 0.3) is 0 Å². The minimum absolute atomic E-state index is 0.613. The van der Waals surface area contributed by atoms with Crippen LogP contribution in [0.25, 0.3) is 0 Å². The van der Waals surface area contributed by atoms with Gasteiger partial charge < -0.3 is 0 Å². The second-order valence-electron chi connectivity index (χ2n) is 38.4. The third-order valence-electron chi connectivity index (χ3n) is 32.4. The van der Waals surface area contributed by atoms with E-state index in [4.69, 9.17) is 0 Å². The lowest BCUT2D eigenvalue weighted by molar-refractivity contribution is -0.137. The first-order valence-electron chi connectivity index (χ1n) is 35.6. The Morgan fingerprint density at radius 2 is 0.462 bits per heavy atom. The Bertz CT molecular complexity index is 1720. The van der Waals surface area contributed by atoms with Crippen molar-refractivity contribution in [3.8, 4) is 0 Å². The van der Waals surface area contributed by atoms with Crippen LogP contribution in [0.4, 0.5) is 0 Å². The van der Waals surface area contributed by atoms with Crippen LogP contribution >= 0.6 is 0 Å². The molecule has 0 spiro atoms. The zero-order chi connectivity index (χ0) is 58.9. The maximum Gasteiger partial charge on any atom is -0.0241 e. The zero-order valence-corrected chi connectivity index (χ0v) is 58.9. The van der Waals surface area contributed by atoms with Crippen molar-refractivity contribution in [2.24, 2.45) is 197 Å². The first-order valence-corrected chi connectivity index (χ1v) is 35.6. The minimum Gasteiger partial charge on any atom is -0.0625 e. The molecule has 0 aromatic carbocycles. The molecule has 0 heterocycles. The summed E-state index contributed by atoms with van der Waals surface area (Å²) in [6.45, 7) is 73.8. The fourth-order valence-electron chi connectivity index (χ4n) is 24.8. The van der Waals surface area contributed by atoms with Crippen LogP contribution in [0.15, 0.2) is 0 Å². The Kier molecular flexibility index (Phi) is 19.1. The van der Waals surface area contributed by atoms with E-state index in [1.807, 2.05) is 0 Å². The summed E-state index contributed by atoms with van der Waals surface area (Å²) in [6.07, 6.45) is 21.1. The average molecular weight is 1080 g/mol. The first-order chi connectivity index (χ1) is 35.6. The summed E-state index contributed by atoms with van der Waals surface area (Å²) in [4.78, 5) is 0. The van der Waals surface area contributed by atoms with E-state index in [1.165, 1.54) is 89.9 Å². The molecule has 16 aliphatic rings. The smallest absolute Gasteiger partial charge is 0.0241 e. The SMILES string of the molecule is CC(C)[C@@H]1C[C@@H]2C[C@H]([C@H]1C)C2(C)C.CC(C)[C@@H]1C[C@@H]2C[C@H]([C@H]1C)C2(C)C.CC(C)[C@@H]1C[C@H]2CC[C@]1(C)C2(C)C.CC(C)[C@H]1C[C@H]2CC[C@@]1(C)C2(C)C.CC(C)[C@H]1C[C@H]2C[C@@H]([C@@H]1C)C2(C)C.CC(C)[C@H]1C[C@H]2C[C@@H]([C@@H]1C)C2(C)C. The van der Waals surface area contributed by atoms with Gasteiger partial charge in [0.05, 0.1) is 0 Å². The summed E-state index contributed by atoms with van der Waals surface area (Å²) in [5.74, 6) is 25.6. The highest BCUT2D eigenvalue weighted by atomic mass is 14.7.